The van der Waals surface area contributed by atoms with Crippen molar-refractivity contribution in [1.82, 2.24) is 14.9 Å². The van der Waals surface area contributed by atoms with Crippen LogP contribution in [-0.4, -0.2) is 27.3 Å². The summed E-state index contributed by atoms with van der Waals surface area (Å²) in [5.74, 6) is 0.222. The summed E-state index contributed by atoms with van der Waals surface area (Å²) >= 11 is 0. The molecule has 1 amide bonds. The van der Waals surface area contributed by atoms with Crippen LogP contribution in [0.4, 0.5) is 13.2 Å². The Labute approximate surface area is 167 Å². The standard InChI is InChI=1S/C21H24F3N3O2/c1-2-3-4-9-19(28)27-11-10-17-15(13-27)20(29)26-18(25-17)12-14-7-5-6-8-16(14)21(22,23)24/h5-8H,2-4,9-13H2,1H3,(H,25,26,29). The quantitative estimate of drug-likeness (QED) is 0.740. The third-order valence-corrected chi connectivity index (χ3v) is 5.15. The lowest BCUT2D eigenvalue weighted by Crippen LogP contribution is -2.39. The van der Waals surface area contributed by atoms with Gasteiger partial charge in [-0.1, -0.05) is 38.0 Å². The fraction of sp³-hybridized carbons (Fsp3) is 0.476. The maximum atomic E-state index is 13.2. The minimum atomic E-state index is -4.47. The van der Waals surface area contributed by atoms with Crippen LogP contribution in [0.1, 0.15) is 60.8 Å². The van der Waals surface area contributed by atoms with Gasteiger partial charge in [0, 0.05) is 25.8 Å². The van der Waals surface area contributed by atoms with Gasteiger partial charge in [0.15, 0.2) is 0 Å². The average Bonchev–Trinajstić information content (AvgIpc) is 2.67. The highest BCUT2D eigenvalue weighted by molar-refractivity contribution is 5.76. The lowest BCUT2D eigenvalue weighted by molar-refractivity contribution is -0.138. The lowest BCUT2D eigenvalue weighted by atomic mass is 10.0. The van der Waals surface area contributed by atoms with E-state index >= 15 is 0 Å². The summed E-state index contributed by atoms with van der Waals surface area (Å²) in [6, 6.07) is 5.28. The second-order valence-corrected chi connectivity index (χ2v) is 7.29. The van der Waals surface area contributed by atoms with Gasteiger partial charge >= 0.3 is 6.18 Å². The zero-order valence-corrected chi connectivity index (χ0v) is 16.3. The van der Waals surface area contributed by atoms with Crippen LogP contribution in [0.3, 0.4) is 0 Å². The molecular formula is C21H24F3N3O2. The second kappa shape index (κ2) is 8.80. The molecule has 0 atom stereocenters. The molecule has 8 heteroatoms. The van der Waals surface area contributed by atoms with Crippen molar-refractivity contribution in [3.63, 3.8) is 0 Å². The summed E-state index contributed by atoms with van der Waals surface area (Å²) in [4.78, 5) is 33.5. The molecule has 0 fully saturated rings. The molecule has 1 aliphatic rings. The zero-order valence-electron chi connectivity index (χ0n) is 16.3. The van der Waals surface area contributed by atoms with Crippen molar-refractivity contribution in [2.75, 3.05) is 6.54 Å². The number of aromatic nitrogens is 2. The third kappa shape index (κ3) is 5.05. The summed E-state index contributed by atoms with van der Waals surface area (Å²) in [5, 5.41) is 0. The number of amides is 1. The summed E-state index contributed by atoms with van der Waals surface area (Å²) < 4.78 is 39.6. The Kier molecular flexibility index (Phi) is 6.39. The van der Waals surface area contributed by atoms with E-state index in [1.54, 1.807) is 4.90 Å². The molecule has 1 aromatic heterocycles. The number of H-pyrrole nitrogens is 1. The van der Waals surface area contributed by atoms with E-state index in [4.69, 9.17) is 0 Å². The molecule has 0 bridgehead atoms. The predicted molar refractivity (Wildman–Crippen MR) is 102 cm³/mol. The lowest BCUT2D eigenvalue weighted by Gasteiger charge is -2.28. The third-order valence-electron chi connectivity index (χ3n) is 5.15. The fourth-order valence-electron chi connectivity index (χ4n) is 3.59. The van der Waals surface area contributed by atoms with Crippen LogP contribution in [-0.2, 0) is 30.4 Å². The molecule has 29 heavy (non-hydrogen) atoms. The van der Waals surface area contributed by atoms with E-state index in [1.165, 1.54) is 18.2 Å². The largest absolute Gasteiger partial charge is 0.416 e. The highest BCUT2D eigenvalue weighted by Crippen LogP contribution is 2.32. The summed E-state index contributed by atoms with van der Waals surface area (Å²) in [5.41, 5.74) is -0.0739. The summed E-state index contributed by atoms with van der Waals surface area (Å²) in [7, 11) is 0. The van der Waals surface area contributed by atoms with Crippen LogP contribution in [0, 0.1) is 0 Å². The topological polar surface area (TPSA) is 66.1 Å². The number of hydrogen-bond donors (Lipinski definition) is 1. The molecule has 2 heterocycles. The first-order chi connectivity index (χ1) is 13.8. The van der Waals surface area contributed by atoms with Crippen LogP contribution in [0.25, 0.3) is 0 Å². The molecule has 2 aromatic rings. The highest BCUT2D eigenvalue weighted by Gasteiger charge is 2.33. The number of alkyl halides is 3. The van der Waals surface area contributed by atoms with Crippen LogP contribution < -0.4 is 5.56 Å². The number of benzene rings is 1. The highest BCUT2D eigenvalue weighted by atomic mass is 19.4. The predicted octanol–water partition coefficient (Wildman–Crippen LogP) is 3.84. The van der Waals surface area contributed by atoms with Gasteiger partial charge in [-0.3, -0.25) is 9.59 Å². The Morgan fingerprint density at radius 2 is 2.00 bits per heavy atom. The summed E-state index contributed by atoms with van der Waals surface area (Å²) in [6.07, 6.45) is -0.860. The monoisotopic (exact) mass is 407 g/mol. The average molecular weight is 407 g/mol. The fourth-order valence-corrected chi connectivity index (χ4v) is 3.59. The van der Waals surface area contributed by atoms with E-state index in [9.17, 15) is 22.8 Å². The molecule has 5 nitrogen and oxygen atoms in total. The first kappa shape index (κ1) is 21.1. The van der Waals surface area contributed by atoms with E-state index in [-0.39, 0.29) is 35.8 Å². The maximum absolute atomic E-state index is 13.2. The molecule has 1 aromatic carbocycles. The van der Waals surface area contributed by atoms with Gasteiger partial charge < -0.3 is 9.88 Å². The number of carbonyl (C=O) groups excluding carboxylic acids is 1. The van der Waals surface area contributed by atoms with Gasteiger partial charge in [0.1, 0.15) is 5.82 Å². The number of unbranched alkanes of at least 4 members (excludes halogenated alkanes) is 2. The summed E-state index contributed by atoms with van der Waals surface area (Å²) in [6.45, 7) is 2.73. The Balaban J connectivity index is 1.78. The van der Waals surface area contributed by atoms with Gasteiger partial charge in [0.25, 0.3) is 5.56 Å². The minimum Gasteiger partial charge on any atom is -0.338 e. The van der Waals surface area contributed by atoms with Gasteiger partial charge in [0.2, 0.25) is 5.91 Å². The van der Waals surface area contributed by atoms with E-state index in [0.29, 0.717) is 30.6 Å². The molecule has 0 saturated carbocycles. The molecule has 0 spiro atoms. The maximum Gasteiger partial charge on any atom is 0.416 e. The van der Waals surface area contributed by atoms with E-state index < -0.39 is 11.7 Å². The van der Waals surface area contributed by atoms with Gasteiger partial charge in [0.05, 0.1) is 23.4 Å². The Bertz CT molecular complexity index is 937. The van der Waals surface area contributed by atoms with Gasteiger partial charge in [-0.25, -0.2) is 4.98 Å². The molecule has 1 aliphatic heterocycles. The van der Waals surface area contributed by atoms with Crippen molar-refractivity contribution < 1.29 is 18.0 Å². The Hall–Kier alpha value is -2.64. The Morgan fingerprint density at radius 1 is 1.24 bits per heavy atom. The SMILES string of the molecule is CCCCCC(=O)N1CCc2nc(Cc3ccccc3C(F)(F)F)[nH]c(=O)c2C1. The number of hydrogen-bond acceptors (Lipinski definition) is 3. The van der Waals surface area contributed by atoms with Crippen LogP contribution >= 0.6 is 0 Å². The normalized spacial score (nSPS) is 14.0. The molecule has 0 saturated heterocycles. The number of nitrogens with one attached hydrogen (secondary N) is 1. The van der Waals surface area contributed by atoms with Crippen molar-refractivity contribution in [3.8, 4) is 0 Å². The smallest absolute Gasteiger partial charge is 0.338 e. The second-order valence-electron chi connectivity index (χ2n) is 7.29. The van der Waals surface area contributed by atoms with Gasteiger partial charge in [-0.2, -0.15) is 13.2 Å². The molecule has 3 rings (SSSR count). The van der Waals surface area contributed by atoms with Gasteiger partial charge in [-0.15, -0.1) is 0 Å². The number of aromatic amines is 1. The molecule has 156 valence electrons. The number of fused-ring (bicyclic) bond motifs is 1. The molecule has 0 unspecified atom stereocenters. The van der Waals surface area contributed by atoms with Crippen molar-refractivity contribution in [2.24, 2.45) is 0 Å². The number of halogens is 3. The van der Waals surface area contributed by atoms with Crippen molar-refractivity contribution in [2.45, 2.75) is 58.2 Å². The number of rotatable bonds is 6. The first-order valence-corrected chi connectivity index (χ1v) is 9.83. The van der Waals surface area contributed by atoms with E-state index in [1.807, 2.05) is 0 Å². The molecule has 0 aliphatic carbocycles. The zero-order chi connectivity index (χ0) is 21.0. The molecule has 1 N–H and O–H groups in total. The van der Waals surface area contributed by atoms with E-state index in [2.05, 4.69) is 16.9 Å². The Morgan fingerprint density at radius 3 is 2.72 bits per heavy atom. The first-order valence-electron chi connectivity index (χ1n) is 9.83. The minimum absolute atomic E-state index is 0.0201. The van der Waals surface area contributed by atoms with Crippen molar-refractivity contribution >= 4 is 5.91 Å². The number of nitrogens with zero attached hydrogens (tertiary/aromatic N) is 2. The molecular weight excluding hydrogens is 383 g/mol. The molecule has 0 radical (unpaired) electrons. The van der Waals surface area contributed by atoms with Crippen LogP contribution in [0.2, 0.25) is 0 Å². The number of carbonyl (C=O) groups is 1. The van der Waals surface area contributed by atoms with Crippen molar-refractivity contribution in [3.05, 3.63) is 62.8 Å². The van der Waals surface area contributed by atoms with Crippen LogP contribution in [0.15, 0.2) is 29.1 Å². The van der Waals surface area contributed by atoms with Gasteiger partial charge in [-0.05, 0) is 18.1 Å². The van der Waals surface area contributed by atoms with Crippen molar-refractivity contribution in [1.29, 1.82) is 0 Å². The van der Waals surface area contributed by atoms with Crippen LogP contribution in [0.5, 0.6) is 0 Å². The van der Waals surface area contributed by atoms with E-state index in [0.717, 1.165) is 25.3 Å².